The highest BCUT2D eigenvalue weighted by atomic mass is 127. The van der Waals surface area contributed by atoms with Gasteiger partial charge in [-0.1, -0.05) is 30.3 Å². The van der Waals surface area contributed by atoms with Crippen LogP contribution in [0.15, 0.2) is 35.3 Å². The van der Waals surface area contributed by atoms with E-state index in [1.165, 1.54) is 11.8 Å². The number of unbranched alkanes of at least 4 members (excludes halogenated alkanes) is 1. The summed E-state index contributed by atoms with van der Waals surface area (Å²) in [5.74, 6) is 0.884. The van der Waals surface area contributed by atoms with Crippen molar-refractivity contribution in [1.82, 2.24) is 10.6 Å². The summed E-state index contributed by atoms with van der Waals surface area (Å²) in [5.41, 5.74) is 1.30. The quantitative estimate of drug-likeness (QED) is 0.195. The number of halogens is 1. The second-order valence-corrected chi connectivity index (χ2v) is 8.78. The fraction of sp³-hybridized carbons (Fsp3) is 0.632. The summed E-state index contributed by atoms with van der Waals surface area (Å²) in [7, 11) is -1.21. The van der Waals surface area contributed by atoms with E-state index < -0.39 is 9.84 Å². The first-order chi connectivity index (χ1) is 12.4. The Hall–Kier alpha value is -0.870. The van der Waals surface area contributed by atoms with E-state index in [0.29, 0.717) is 12.4 Å². The van der Waals surface area contributed by atoms with Crippen molar-refractivity contribution < 1.29 is 13.2 Å². The molecular formula is C19H34IN3O3S. The van der Waals surface area contributed by atoms with Gasteiger partial charge in [0.1, 0.15) is 9.84 Å². The molecule has 0 heterocycles. The monoisotopic (exact) mass is 511 g/mol. The zero-order chi connectivity index (χ0) is 19.3. The molecule has 0 fully saturated rings. The summed E-state index contributed by atoms with van der Waals surface area (Å²) >= 11 is 0. The van der Waals surface area contributed by atoms with Crippen LogP contribution in [0.4, 0.5) is 0 Å². The van der Waals surface area contributed by atoms with Gasteiger partial charge < -0.3 is 15.4 Å². The molecule has 156 valence electrons. The molecule has 0 bridgehead atoms. The first kappa shape index (κ1) is 26.1. The fourth-order valence-corrected chi connectivity index (χ4v) is 3.15. The van der Waals surface area contributed by atoms with Gasteiger partial charge >= 0.3 is 0 Å². The number of aliphatic imine (C=N–C) groups is 1. The molecular weight excluding hydrogens is 477 g/mol. The van der Waals surface area contributed by atoms with Crippen LogP contribution in [0, 0.1) is 0 Å². The van der Waals surface area contributed by atoms with Crippen LogP contribution in [-0.2, 0) is 21.0 Å². The third kappa shape index (κ3) is 14.8. The minimum Gasteiger partial charge on any atom is -0.381 e. The third-order valence-electron chi connectivity index (χ3n) is 3.91. The van der Waals surface area contributed by atoms with Crippen molar-refractivity contribution in [2.75, 3.05) is 38.8 Å². The predicted octanol–water partition coefficient (Wildman–Crippen LogP) is 2.63. The van der Waals surface area contributed by atoms with Gasteiger partial charge in [0.2, 0.25) is 0 Å². The Bertz CT molecular complexity index is 624. The number of nitrogens with one attached hydrogen (secondary N) is 2. The second-order valence-electron chi connectivity index (χ2n) is 6.52. The van der Waals surface area contributed by atoms with Gasteiger partial charge in [-0.15, -0.1) is 24.0 Å². The lowest BCUT2D eigenvalue weighted by Crippen LogP contribution is -2.43. The Kier molecular flexibility index (Phi) is 14.6. The average Bonchev–Trinajstić information content (AvgIpc) is 2.61. The summed E-state index contributed by atoms with van der Waals surface area (Å²) in [5, 5.41) is 6.46. The summed E-state index contributed by atoms with van der Waals surface area (Å²) < 4.78 is 28.1. The lowest BCUT2D eigenvalue weighted by Gasteiger charge is -2.17. The van der Waals surface area contributed by atoms with Gasteiger partial charge in [0.05, 0.1) is 12.4 Å². The largest absolute Gasteiger partial charge is 0.381 e. The van der Waals surface area contributed by atoms with E-state index in [4.69, 9.17) is 4.74 Å². The molecule has 0 aliphatic rings. The van der Waals surface area contributed by atoms with Gasteiger partial charge in [0, 0.05) is 32.5 Å². The number of benzene rings is 1. The molecule has 0 spiro atoms. The van der Waals surface area contributed by atoms with Gasteiger partial charge in [-0.2, -0.15) is 0 Å². The molecule has 0 saturated carbocycles. The molecule has 6 nitrogen and oxygen atoms in total. The lowest BCUT2D eigenvalue weighted by atomic mass is 10.2. The lowest BCUT2D eigenvalue weighted by molar-refractivity contribution is 0.133. The van der Waals surface area contributed by atoms with Gasteiger partial charge in [0.15, 0.2) is 5.96 Å². The van der Waals surface area contributed by atoms with Crippen LogP contribution >= 0.6 is 24.0 Å². The average molecular weight is 511 g/mol. The molecule has 0 amide bonds. The summed E-state index contributed by atoms with van der Waals surface area (Å²) in [4.78, 5) is 4.17. The maximum Gasteiger partial charge on any atom is 0.191 e. The first-order valence-electron chi connectivity index (χ1n) is 9.17. The Morgan fingerprint density at radius 1 is 1.19 bits per heavy atom. The zero-order valence-corrected chi connectivity index (χ0v) is 19.8. The summed E-state index contributed by atoms with van der Waals surface area (Å²) in [6, 6.07) is 10.4. The number of hydrogen-bond donors (Lipinski definition) is 2. The van der Waals surface area contributed by atoms with Crippen LogP contribution in [0.3, 0.4) is 0 Å². The van der Waals surface area contributed by atoms with Gasteiger partial charge in [0.25, 0.3) is 0 Å². The van der Waals surface area contributed by atoms with Crippen LogP contribution in [0.25, 0.3) is 0 Å². The molecule has 0 aliphatic carbocycles. The van der Waals surface area contributed by atoms with Crippen molar-refractivity contribution in [3.63, 3.8) is 0 Å². The smallest absolute Gasteiger partial charge is 0.191 e. The Labute approximate surface area is 181 Å². The van der Waals surface area contributed by atoms with Crippen LogP contribution in [0.5, 0.6) is 0 Å². The molecule has 8 heteroatoms. The predicted molar refractivity (Wildman–Crippen MR) is 124 cm³/mol. The Morgan fingerprint density at radius 2 is 1.89 bits per heavy atom. The van der Waals surface area contributed by atoms with Gasteiger partial charge in [-0.25, -0.2) is 8.42 Å². The third-order valence-corrected chi connectivity index (χ3v) is 4.89. The zero-order valence-electron chi connectivity index (χ0n) is 16.6. The van der Waals surface area contributed by atoms with Crippen LogP contribution in [-0.4, -0.2) is 59.2 Å². The summed E-state index contributed by atoms with van der Waals surface area (Å²) in [6.45, 7) is 4.27. The van der Waals surface area contributed by atoms with E-state index in [-0.39, 0.29) is 35.8 Å². The van der Waals surface area contributed by atoms with Crippen LogP contribution in [0.2, 0.25) is 0 Å². The first-order valence-corrected chi connectivity index (χ1v) is 11.2. The van der Waals surface area contributed by atoms with E-state index in [0.717, 1.165) is 39.0 Å². The van der Waals surface area contributed by atoms with E-state index in [1.807, 2.05) is 25.1 Å². The van der Waals surface area contributed by atoms with E-state index in [2.05, 4.69) is 27.8 Å². The molecule has 0 aromatic heterocycles. The Morgan fingerprint density at radius 3 is 2.52 bits per heavy atom. The van der Waals surface area contributed by atoms with Crippen LogP contribution in [0.1, 0.15) is 31.7 Å². The maximum absolute atomic E-state index is 11.2. The number of nitrogens with zero attached hydrogens (tertiary/aromatic N) is 1. The fourth-order valence-electron chi connectivity index (χ4n) is 2.36. The normalized spacial score (nSPS) is 12.9. The molecule has 0 aliphatic heterocycles. The van der Waals surface area contributed by atoms with E-state index in [9.17, 15) is 8.42 Å². The molecule has 1 atom stereocenters. The van der Waals surface area contributed by atoms with Crippen molar-refractivity contribution in [2.24, 2.45) is 4.99 Å². The van der Waals surface area contributed by atoms with Gasteiger partial charge in [-0.3, -0.25) is 4.99 Å². The number of ether oxygens (including phenoxy) is 1. The highest BCUT2D eigenvalue weighted by molar-refractivity contribution is 14.0. The van der Waals surface area contributed by atoms with Crippen molar-refractivity contribution in [3.05, 3.63) is 35.9 Å². The van der Waals surface area contributed by atoms with Crippen LogP contribution < -0.4 is 10.6 Å². The molecule has 1 aromatic rings. The number of guanidine groups is 1. The highest BCUT2D eigenvalue weighted by Crippen LogP contribution is 2.00. The molecule has 1 unspecified atom stereocenters. The molecule has 0 radical (unpaired) electrons. The summed E-state index contributed by atoms with van der Waals surface area (Å²) in [6.07, 6.45) is 4.75. The van der Waals surface area contributed by atoms with Crippen molar-refractivity contribution in [2.45, 2.75) is 38.6 Å². The molecule has 1 aromatic carbocycles. The molecule has 2 N–H and O–H groups in total. The maximum atomic E-state index is 11.2. The standard InChI is InChI=1S/C19H33N3O3S.HI/c1-17(12-16-26(3,23)24)22-19(20-2)21-13-7-8-14-25-15-11-18-9-5-4-6-10-18;/h4-6,9-10,17H,7-8,11-16H2,1-3H3,(H2,20,21,22);1H. The second kappa shape index (κ2) is 15.1. The molecule has 27 heavy (non-hydrogen) atoms. The topological polar surface area (TPSA) is 79.8 Å². The molecule has 1 rings (SSSR count). The van der Waals surface area contributed by atoms with E-state index in [1.54, 1.807) is 7.05 Å². The van der Waals surface area contributed by atoms with Crippen molar-refractivity contribution in [1.29, 1.82) is 0 Å². The highest BCUT2D eigenvalue weighted by Gasteiger charge is 2.09. The van der Waals surface area contributed by atoms with Crippen molar-refractivity contribution >= 4 is 39.8 Å². The minimum absolute atomic E-state index is 0. The minimum atomic E-state index is -2.93. The number of sulfone groups is 1. The van der Waals surface area contributed by atoms with Crippen molar-refractivity contribution in [3.8, 4) is 0 Å². The molecule has 0 saturated heterocycles. The number of hydrogen-bond acceptors (Lipinski definition) is 4. The number of rotatable bonds is 12. The van der Waals surface area contributed by atoms with Gasteiger partial charge in [-0.05, 0) is 38.2 Å². The Balaban J connectivity index is 0.00000676. The van der Waals surface area contributed by atoms with E-state index >= 15 is 0 Å². The SMILES string of the molecule is CN=C(NCCCCOCCc1ccccc1)NC(C)CCS(C)(=O)=O.I.